The minimum Gasteiger partial charge on any atom is -0.325 e. The Morgan fingerprint density at radius 3 is 2.70 bits per heavy atom. The van der Waals surface area contributed by atoms with Crippen LogP contribution in [0.25, 0.3) is 0 Å². The standard InChI is InChI=1S/C16H21BrN2O/c1-10-2-5-15(14(17)6-10)19-16(20)9-11-7-12-3-4-13(8-11)18-12/h2,5-6,11-13,18H,3-4,7-9H2,1H3,(H,19,20). The SMILES string of the molecule is Cc1ccc(NC(=O)CC2CC3CCC(C2)N3)c(Br)c1. The molecule has 4 heteroatoms. The van der Waals surface area contributed by atoms with Crippen molar-refractivity contribution in [2.75, 3.05) is 5.32 Å². The van der Waals surface area contributed by atoms with E-state index in [1.54, 1.807) is 0 Å². The van der Waals surface area contributed by atoms with E-state index in [2.05, 4.69) is 26.6 Å². The second-order valence-electron chi connectivity index (χ2n) is 6.21. The molecule has 0 aromatic heterocycles. The average Bonchev–Trinajstić information content (AvgIpc) is 2.72. The van der Waals surface area contributed by atoms with Gasteiger partial charge in [-0.05, 0) is 72.2 Å². The fraction of sp³-hybridized carbons (Fsp3) is 0.562. The summed E-state index contributed by atoms with van der Waals surface area (Å²) in [6.45, 7) is 2.04. The first-order valence-electron chi connectivity index (χ1n) is 7.42. The number of amides is 1. The molecule has 20 heavy (non-hydrogen) atoms. The molecule has 3 rings (SSSR count). The Hall–Kier alpha value is -0.870. The number of carbonyl (C=O) groups excluding carboxylic acids is 1. The maximum absolute atomic E-state index is 12.2. The van der Waals surface area contributed by atoms with Crippen LogP contribution in [0.2, 0.25) is 0 Å². The minimum atomic E-state index is 0.140. The first-order chi connectivity index (χ1) is 9.60. The molecule has 0 aliphatic carbocycles. The van der Waals surface area contributed by atoms with Crippen LogP contribution in [-0.2, 0) is 4.79 Å². The van der Waals surface area contributed by atoms with E-state index in [0.29, 0.717) is 24.4 Å². The fourth-order valence-corrected chi connectivity index (χ4v) is 4.12. The monoisotopic (exact) mass is 336 g/mol. The van der Waals surface area contributed by atoms with Crippen molar-refractivity contribution in [2.24, 2.45) is 5.92 Å². The van der Waals surface area contributed by atoms with E-state index in [4.69, 9.17) is 0 Å². The minimum absolute atomic E-state index is 0.140. The van der Waals surface area contributed by atoms with Gasteiger partial charge in [0.1, 0.15) is 0 Å². The van der Waals surface area contributed by atoms with Gasteiger partial charge in [0.05, 0.1) is 5.69 Å². The first kappa shape index (κ1) is 14.1. The lowest BCUT2D eigenvalue weighted by Gasteiger charge is -2.28. The number of hydrogen-bond acceptors (Lipinski definition) is 2. The third-order valence-electron chi connectivity index (χ3n) is 4.44. The van der Waals surface area contributed by atoms with Gasteiger partial charge in [0.25, 0.3) is 0 Å². The van der Waals surface area contributed by atoms with Crippen LogP contribution < -0.4 is 10.6 Å². The summed E-state index contributed by atoms with van der Waals surface area (Å²) >= 11 is 3.51. The van der Waals surface area contributed by atoms with Crippen LogP contribution in [0.5, 0.6) is 0 Å². The van der Waals surface area contributed by atoms with Crippen LogP contribution in [0.1, 0.15) is 37.7 Å². The zero-order chi connectivity index (χ0) is 14.1. The Morgan fingerprint density at radius 1 is 1.35 bits per heavy atom. The number of halogens is 1. The van der Waals surface area contributed by atoms with Crippen molar-refractivity contribution < 1.29 is 4.79 Å². The third kappa shape index (κ3) is 3.23. The number of nitrogens with one attached hydrogen (secondary N) is 2. The van der Waals surface area contributed by atoms with Crippen molar-refractivity contribution in [3.05, 3.63) is 28.2 Å². The summed E-state index contributed by atoms with van der Waals surface area (Å²) in [5, 5.41) is 6.65. The highest BCUT2D eigenvalue weighted by molar-refractivity contribution is 9.10. The van der Waals surface area contributed by atoms with E-state index >= 15 is 0 Å². The van der Waals surface area contributed by atoms with E-state index in [0.717, 1.165) is 23.0 Å². The number of aryl methyl sites for hydroxylation is 1. The summed E-state index contributed by atoms with van der Waals surface area (Å²) < 4.78 is 0.955. The van der Waals surface area contributed by atoms with Gasteiger partial charge in [-0.3, -0.25) is 4.79 Å². The van der Waals surface area contributed by atoms with Crippen LogP contribution in [0, 0.1) is 12.8 Å². The van der Waals surface area contributed by atoms with Crippen LogP contribution in [-0.4, -0.2) is 18.0 Å². The van der Waals surface area contributed by atoms with Crippen LogP contribution in [0.4, 0.5) is 5.69 Å². The summed E-state index contributed by atoms with van der Waals surface area (Å²) in [5.41, 5.74) is 2.06. The Labute approximate surface area is 128 Å². The zero-order valence-corrected chi connectivity index (χ0v) is 13.4. The van der Waals surface area contributed by atoms with Gasteiger partial charge in [0.2, 0.25) is 5.91 Å². The van der Waals surface area contributed by atoms with Gasteiger partial charge in [-0.25, -0.2) is 0 Å². The van der Waals surface area contributed by atoms with Gasteiger partial charge >= 0.3 is 0 Å². The highest BCUT2D eigenvalue weighted by atomic mass is 79.9. The van der Waals surface area contributed by atoms with E-state index in [-0.39, 0.29) is 5.91 Å². The Kier molecular flexibility index (Phi) is 4.13. The molecular formula is C16H21BrN2O. The van der Waals surface area contributed by atoms with E-state index < -0.39 is 0 Å². The first-order valence-corrected chi connectivity index (χ1v) is 8.21. The lowest BCUT2D eigenvalue weighted by Crippen LogP contribution is -2.39. The molecule has 1 aromatic carbocycles. The number of rotatable bonds is 3. The lowest BCUT2D eigenvalue weighted by molar-refractivity contribution is -0.117. The smallest absolute Gasteiger partial charge is 0.224 e. The van der Waals surface area contributed by atoms with Crippen LogP contribution in [0.3, 0.4) is 0 Å². The number of carbonyl (C=O) groups is 1. The normalized spacial score (nSPS) is 28.4. The van der Waals surface area contributed by atoms with Gasteiger partial charge in [0, 0.05) is 23.0 Å². The largest absolute Gasteiger partial charge is 0.325 e. The Balaban J connectivity index is 1.57. The molecule has 0 saturated carbocycles. The highest BCUT2D eigenvalue weighted by Crippen LogP contribution is 2.33. The van der Waals surface area contributed by atoms with Gasteiger partial charge < -0.3 is 10.6 Å². The second kappa shape index (κ2) is 5.86. The van der Waals surface area contributed by atoms with Crippen molar-refractivity contribution in [3.8, 4) is 0 Å². The van der Waals surface area contributed by atoms with E-state index in [1.165, 1.54) is 18.4 Å². The number of fused-ring (bicyclic) bond motifs is 2. The quantitative estimate of drug-likeness (QED) is 0.885. The molecule has 2 aliphatic rings. The summed E-state index contributed by atoms with van der Waals surface area (Å²) in [5.74, 6) is 0.679. The molecule has 1 amide bonds. The third-order valence-corrected chi connectivity index (χ3v) is 5.10. The van der Waals surface area contributed by atoms with Gasteiger partial charge in [0.15, 0.2) is 0 Å². The summed E-state index contributed by atoms with van der Waals surface area (Å²) in [4.78, 5) is 12.2. The van der Waals surface area contributed by atoms with Gasteiger partial charge in [-0.1, -0.05) is 6.07 Å². The summed E-state index contributed by atoms with van der Waals surface area (Å²) in [7, 11) is 0. The Morgan fingerprint density at radius 2 is 2.05 bits per heavy atom. The molecule has 2 unspecified atom stereocenters. The average molecular weight is 337 g/mol. The molecule has 2 heterocycles. The predicted molar refractivity (Wildman–Crippen MR) is 84.8 cm³/mol. The zero-order valence-electron chi connectivity index (χ0n) is 11.8. The fourth-order valence-electron chi connectivity index (χ4n) is 3.53. The van der Waals surface area contributed by atoms with Crippen molar-refractivity contribution in [3.63, 3.8) is 0 Å². The summed E-state index contributed by atoms with van der Waals surface area (Å²) in [6.07, 6.45) is 5.52. The number of piperidine rings is 1. The van der Waals surface area contributed by atoms with Crippen molar-refractivity contribution in [1.29, 1.82) is 0 Å². The van der Waals surface area contributed by atoms with Crippen molar-refractivity contribution in [2.45, 2.75) is 51.1 Å². The molecule has 3 nitrogen and oxygen atoms in total. The molecule has 1 aromatic rings. The number of benzene rings is 1. The topological polar surface area (TPSA) is 41.1 Å². The molecule has 0 radical (unpaired) electrons. The van der Waals surface area contributed by atoms with Gasteiger partial charge in [-0.2, -0.15) is 0 Å². The predicted octanol–water partition coefficient (Wildman–Crippen LogP) is 3.62. The van der Waals surface area contributed by atoms with Crippen LogP contribution in [0.15, 0.2) is 22.7 Å². The molecule has 2 saturated heterocycles. The molecule has 108 valence electrons. The Bertz CT molecular complexity index is 505. The maximum Gasteiger partial charge on any atom is 0.224 e. The molecule has 0 spiro atoms. The molecule has 2 aliphatic heterocycles. The maximum atomic E-state index is 12.2. The molecular weight excluding hydrogens is 316 g/mol. The van der Waals surface area contributed by atoms with E-state index in [9.17, 15) is 4.79 Å². The number of anilines is 1. The molecule has 2 fully saturated rings. The highest BCUT2D eigenvalue weighted by Gasteiger charge is 2.34. The van der Waals surface area contributed by atoms with E-state index in [1.807, 2.05) is 25.1 Å². The van der Waals surface area contributed by atoms with Crippen LogP contribution >= 0.6 is 15.9 Å². The lowest BCUT2D eigenvalue weighted by atomic mass is 9.89. The summed E-state index contributed by atoms with van der Waals surface area (Å²) in [6, 6.07) is 7.31. The second-order valence-corrected chi connectivity index (χ2v) is 7.07. The van der Waals surface area contributed by atoms with Gasteiger partial charge in [-0.15, -0.1) is 0 Å². The molecule has 2 bridgehead atoms. The van der Waals surface area contributed by atoms with Crippen molar-refractivity contribution >= 4 is 27.5 Å². The number of hydrogen-bond donors (Lipinski definition) is 2. The van der Waals surface area contributed by atoms with Crippen molar-refractivity contribution in [1.82, 2.24) is 5.32 Å². The molecule has 2 N–H and O–H groups in total. The molecule has 2 atom stereocenters.